The van der Waals surface area contributed by atoms with Gasteiger partial charge in [-0.25, -0.2) is 0 Å². The summed E-state index contributed by atoms with van der Waals surface area (Å²) in [5.74, 6) is -4.30. The van der Waals surface area contributed by atoms with Crippen molar-refractivity contribution in [1.29, 1.82) is 0 Å². The Balaban J connectivity index is 3.78. The van der Waals surface area contributed by atoms with Gasteiger partial charge < -0.3 is 0 Å². The van der Waals surface area contributed by atoms with Crippen LogP contribution in [-0.4, -0.2) is 31.7 Å². The summed E-state index contributed by atoms with van der Waals surface area (Å²) in [7, 11) is 0. The van der Waals surface area contributed by atoms with Gasteiger partial charge in [-0.2, -0.15) is 0 Å². The second-order valence-electron chi connectivity index (χ2n) is 3.69. The molecule has 0 aromatic heterocycles. The molecule has 88 valence electrons. The number of hydrogen-bond acceptors (Lipinski definition) is 1. The van der Waals surface area contributed by atoms with E-state index in [1.807, 2.05) is 0 Å². The number of unbranched alkanes of at least 4 members (excludes halogenated alkanes) is 1. The predicted molar refractivity (Wildman–Crippen MR) is 57.9 cm³/mol. The zero-order chi connectivity index (χ0) is 11.9. The van der Waals surface area contributed by atoms with E-state index in [1.165, 1.54) is 0 Å². The summed E-state index contributed by atoms with van der Waals surface area (Å²) in [4.78, 5) is 10.1. The number of hydrogen-bond donors (Lipinski definition) is 1. The van der Waals surface area contributed by atoms with E-state index in [4.69, 9.17) is 5.11 Å². The summed E-state index contributed by atoms with van der Waals surface area (Å²) in [5, 5.41) is 9.28. The average molecular weight is 282 g/mol. The second kappa shape index (κ2) is 6.99. The first-order valence-electron chi connectivity index (χ1n) is 4.78. The summed E-state index contributed by atoms with van der Waals surface area (Å²) in [6.45, 7) is 0. The topological polar surface area (TPSA) is 37.3 Å². The number of alkyl halides is 2. The van der Waals surface area contributed by atoms with Crippen LogP contribution in [0.2, 0.25) is 16.6 Å². The zero-order valence-electron chi connectivity index (χ0n) is 9.04. The van der Waals surface area contributed by atoms with Crippen molar-refractivity contribution in [2.24, 2.45) is 0 Å². The third-order valence-electron chi connectivity index (χ3n) is 1.84. The van der Waals surface area contributed by atoms with E-state index >= 15 is 0 Å². The Morgan fingerprint density at radius 3 is 2.47 bits per heavy atom. The first-order chi connectivity index (χ1) is 6.83. The summed E-state index contributed by atoms with van der Waals surface area (Å²) >= 11 is -0.704. The second-order valence-corrected chi connectivity index (χ2v) is 9.16. The molecule has 0 aromatic carbocycles. The fraction of sp³-hybridized carbons (Fsp3) is 0.700. The summed E-state index contributed by atoms with van der Waals surface area (Å²) in [6, 6.07) is 0. The van der Waals surface area contributed by atoms with Gasteiger partial charge in [0.15, 0.2) is 0 Å². The van der Waals surface area contributed by atoms with Crippen LogP contribution in [0.4, 0.5) is 8.78 Å². The number of aliphatic carboxylic acids is 1. The Bertz CT molecular complexity index is 227. The molecule has 0 bridgehead atoms. The van der Waals surface area contributed by atoms with Gasteiger partial charge in [0.25, 0.3) is 0 Å². The molecule has 0 saturated carbocycles. The number of carboxylic acids is 1. The Morgan fingerprint density at radius 2 is 2.00 bits per heavy atom. The molecule has 0 radical (unpaired) electrons. The average Bonchev–Trinajstić information content (AvgIpc) is 2.09. The van der Waals surface area contributed by atoms with Crippen LogP contribution >= 0.6 is 0 Å². The van der Waals surface area contributed by atoms with Gasteiger partial charge in [-0.05, 0) is 0 Å². The molecule has 0 rings (SSSR count). The van der Waals surface area contributed by atoms with E-state index in [0.717, 1.165) is 11.6 Å². The quantitative estimate of drug-likeness (QED) is 0.442. The molecule has 0 aliphatic carbocycles. The van der Waals surface area contributed by atoms with Crippen molar-refractivity contribution in [3.63, 3.8) is 0 Å². The number of allylic oxidation sites excluding steroid dienone is 1. The summed E-state index contributed by atoms with van der Waals surface area (Å²) < 4.78 is 25.9. The third-order valence-corrected chi connectivity index (χ3v) is 4.38. The predicted octanol–water partition coefficient (Wildman–Crippen LogP) is 3.19. The van der Waals surface area contributed by atoms with Gasteiger partial charge in [-0.15, -0.1) is 0 Å². The van der Waals surface area contributed by atoms with Gasteiger partial charge in [0, 0.05) is 0 Å². The fourth-order valence-corrected chi connectivity index (χ4v) is 2.86. The molecule has 0 saturated heterocycles. The molecule has 0 heterocycles. The number of halogens is 2. The van der Waals surface area contributed by atoms with Crippen LogP contribution in [0.5, 0.6) is 0 Å². The molecular formula is C10H17AsF2O2. The number of carbonyl (C=O) groups is 1. The van der Waals surface area contributed by atoms with Crippen LogP contribution in [0.1, 0.15) is 19.3 Å². The molecular weight excluding hydrogens is 265 g/mol. The van der Waals surface area contributed by atoms with Gasteiger partial charge in [-0.1, -0.05) is 0 Å². The molecule has 0 aliphatic rings. The minimum absolute atomic E-state index is 0.251. The summed E-state index contributed by atoms with van der Waals surface area (Å²) in [6.07, 6.45) is 2.02. The molecule has 15 heavy (non-hydrogen) atoms. The van der Waals surface area contributed by atoms with Crippen molar-refractivity contribution < 1.29 is 18.7 Å². The van der Waals surface area contributed by atoms with Crippen LogP contribution < -0.4 is 0 Å². The maximum atomic E-state index is 13.0. The first kappa shape index (κ1) is 14.6. The first-order valence-corrected chi connectivity index (χ1v) is 9.86. The number of carboxylic acid groups (broad SMARTS) is 1. The van der Waals surface area contributed by atoms with Crippen molar-refractivity contribution in [2.75, 3.05) is 0 Å². The van der Waals surface area contributed by atoms with Crippen molar-refractivity contribution in [1.82, 2.24) is 0 Å². The third kappa shape index (κ3) is 9.92. The van der Waals surface area contributed by atoms with Crippen LogP contribution in [-0.2, 0) is 4.79 Å². The standard InChI is InChI=1S/C10H17AsF2O2/c1-11(2)8-4-3-6-10(12,13)7-5-9(14)15/h5,7H,3-4,6,8H2,1-2H3,(H,14,15). The van der Waals surface area contributed by atoms with Gasteiger partial charge >= 0.3 is 93.3 Å². The molecule has 0 aromatic rings. The molecule has 0 fully saturated rings. The molecule has 2 nitrogen and oxygen atoms in total. The molecule has 0 atom stereocenters. The van der Waals surface area contributed by atoms with Crippen LogP contribution in [0.25, 0.3) is 0 Å². The Hall–Kier alpha value is -0.372. The van der Waals surface area contributed by atoms with Crippen molar-refractivity contribution >= 4 is 20.6 Å². The Labute approximate surface area is 93.6 Å². The van der Waals surface area contributed by atoms with E-state index in [2.05, 4.69) is 11.4 Å². The molecule has 0 amide bonds. The van der Waals surface area contributed by atoms with E-state index in [0.29, 0.717) is 18.6 Å². The van der Waals surface area contributed by atoms with Crippen molar-refractivity contribution in [2.45, 2.75) is 41.8 Å². The van der Waals surface area contributed by atoms with E-state index in [9.17, 15) is 13.6 Å². The van der Waals surface area contributed by atoms with E-state index in [1.54, 1.807) is 0 Å². The SMILES string of the molecule is C[As](C)CCCCC(F)(F)C=CC(=O)O. The maximum absolute atomic E-state index is 13.0. The molecule has 5 heteroatoms. The Morgan fingerprint density at radius 1 is 1.40 bits per heavy atom. The van der Waals surface area contributed by atoms with Gasteiger partial charge in [0.2, 0.25) is 0 Å². The normalized spacial score (nSPS) is 12.6. The Kier molecular flexibility index (Phi) is 6.82. The number of rotatable bonds is 7. The van der Waals surface area contributed by atoms with Crippen LogP contribution in [0.15, 0.2) is 12.2 Å². The van der Waals surface area contributed by atoms with E-state index in [-0.39, 0.29) is 6.42 Å². The molecule has 0 spiro atoms. The molecule has 0 aliphatic heterocycles. The van der Waals surface area contributed by atoms with Gasteiger partial charge in [-0.3, -0.25) is 0 Å². The van der Waals surface area contributed by atoms with Gasteiger partial charge in [0.05, 0.1) is 0 Å². The van der Waals surface area contributed by atoms with Crippen LogP contribution in [0.3, 0.4) is 0 Å². The van der Waals surface area contributed by atoms with E-state index < -0.39 is 26.5 Å². The molecule has 1 N–H and O–H groups in total. The van der Waals surface area contributed by atoms with Gasteiger partial charge in [0.1, 0.15) is 0 Å². The van der Waals surface area contributed by atoms with Crippen molar-refractivity contribution in [3.05, 3.63) is 12.2 Å². The monoisotopic (exact) mass is 282 g/mol. The van der Waals surface area contributed by atoms with Crippen LogP contribution in [0, 0.1) is 0 Å². The van der Waals surface area contributed by atoms with Crippen molar-refractivity contribution in [3.8, 4) is 0 Å². The fourth-order valence-electron chi connectivity index (χ4n) is 1.07. The molecule has 0 unspecified atom stereocenters. The zero-order valence-corrected chi connectivity index (χ0v) is 10.9. The minimum atomic E-state index is -2.97. The summed E-state index contributed by atoms with van der Waals surface area (Å²) in [5.41, 5.74) is 4.38.